The Bertz CT molecular complexity index is 3000. The van der Waals surface area contributed by atoms with Gasteiger partial charge in [0.15, 0.2) is 23.0 Å². The highest BCUT2D eigenvalue weighted by atomic mass is 16.7. The third-order valence-electron chi connectivity index (χ3n) is 14.0. The number of para-hydroxylation sites is 2. The molecule has 0 spiro atoms. The van der Waals surface area contributed by atoms with Gasteiger partial charge >= 0.3 is 5.97 Å². The molecule has 0 saturated carbocycles. The Morgan fingerprint density at radius 1 is 0.701 bits per heavy atom. The van der Waals surface area contributed by atoms with Gasteiger partial charge in [0, 0.05) is 88.8 Å². The van der Waals surface area contributed by atoms with Crippen LogP contribution in [0, 0.1) is 0 Å². The monoisotopic (exact) mass is 1050 g/mol. The van der Waals surface area contributed by atoms with Gasteiger partial charge in [-0.05, 0) is 90.7 Å². The zero-order chi connectivity index (χ0) is 54.0. The summed E-state index contributed by atoms with van der Waals surface area (Å²) in [4.78, 5) is 83.1. The fourth-order valence-corrected chi connectivity index (χ4v) is 10.2. The maximum Gasteiger partial charge on any atom is 0.333 e. The Labute approximate surface area is 447 Å². The SMILES string of the molecule is C=Nc1cc(OCc2cc(COc3cc4c(cc3OC)C(=O)N3c5ccccc5C[C@H]3CN4C)cc(N(CCCC(=O)ON3C(=O)CCC3=O)CCOCCOCCOC)c2)c(OC)cc1C(=O)N1CCc2ccccc21. The Morgan fingerprint density at radius 3 is 2.05 bits per heavy atom. The number of carbonyl (C=O) groups excluding carboxylic acids is 5. The number of hydrogen-bond donors (Lipinski definition) is 0. The minimum absolute atomic E-state index is 0.00767. The first-order chi connectivity index (χ1) is 37.5. The molecule has 9 rings (SSSR count). The first-order valence-corrected chi connectivity index (χ1v) is 25.8. The maximum absolute atomic E-state index is 14.4. The van der Waals surface area contributed by atoms with Crippen LogP contribution in [0.5, 0.6) is 23.0 Å². The third-order valence-corrected chi connectivity index (χ3v) is 14.0. The van der Waals surface area contributed by atoms with Gasteiger partial charge in [-0.2, -0.15) is 0 Å². The minimum Gasteiger partial charge on any atom is -0.493 e. The van der Waals surface area contributed by atoms with Gasteiger partial charge in [0.25, 0.3) is 23.6 Å². The van der Waals surface area contributed by atoms with Crippen molar-refractivity contribution in [2.75, 3.05) is 107 Å². The molecule has 0 bridgehead atoms. The fraction of sp³-hybridized carbons (Fsp3) is 0.379. The van der Waals surface area contributed by atoms with E-state index < -0.39 is 17.8 Å². The summed E-state index contributed by atoms with van der Waals surface area (Å²) in [6.07, 6.45) is 1.69. The summed E-state index contributed by atoms with van der Waals surface area (Å²) in [5.74, 6) is -0.669. The van der Waals surface area contributed by atoms with Crippen molar-refractivity contribution in [3.8, 4) is 23.0 Å². The molecule has 4 aliphatic heterocycles. The summed E-state index contributed by atoms with van der Waals surface area (Å²) < 4.78 is 41.6. The van der Waals surface area contributed by atoms with Crippen molar-refractivity contribution in [1.29, 1.82) is 0 Å². The maximum atomic E-state index is 14.4. The van der Waals surface area contributed by atoms with Crippen molar-refractivity contribution in [3.63, 3.8) is 0 Å². The van der Waals surface area contributed by atoms with Crippen LogP contribution in [-0.4, -0.2) is 135 Å². The second kappa shape index (κ2) is 24.8. The van der Waals surface area contributed by atoms with Crippen molar-refractivity contribution in [2.45, 2.75) is 57.8 Å². The van der Waals surface area contributed by atoms with E-state index in [1.54, 1.807) is 37.3 Å². The first-order valence-electron chi connectivity index (χ1n) is 25.8. The van der Waals surface area contributed by atoms with Crippen molar-refractivity contribution in [2.24, 2.45) is 4.99 Å². The van der Waals surface area contributed by atoms with Gasteiger partial charge in [-0.15, -0.1) is 5.06 Å². The molecule has 1 fully saturated rings. The molecule has 5 aromatic rings. The Kier molecular flexibility index (Phi) is 17.3. The summed E-state index contributed by atoms with van der Waals surface area (Å²) in [6, 6.07) is 28.6. The standard InChI is InChI=1S/C58H64N6O13/c1-59-46-33-52(50(71-4)31-44(46)57(68)62-20-18-40-11-6-8-13-47(40)62)75-36-38-27-39(37-76-53-34-49-45(32-51(53)72-5)58(69)63-43(35-60(49)2)30-41-12-7-9-14-48(41)63)29-42(28-38)61(21-22-73-25-26-74-24-23-70-3)19-10-15-56(67)77-64-54(65)16-17-55(64)66/h6-9,11-14,27-29,31-34,43H,1,10,15-26,30,35-37H2,2-5H3/t43-/m0/s1. The minimum atomic E-state index is -0.707. The van der Waals surface area contributed by atoms with Crippen LogP contribution in [0.1, 0.15) is 68.7 Å². The van der Waals surface area contributed by atoms with Crippen LogP contribution in [0.4, 0.5) is 28.4 Å². The van der Waals surface area contributed by atoms with Gasteiger partial charge in [-0.1, -0.05) is 36.4 Å². The van der Waals surface area contributed by atoms with Gasteiger partial charge < -0.3 is 57.6 Å². The van der Waals surface area contributed by atoms with E-state index in [1.165, 1.54) is 7.11 Å². The van der Waals surface area contributed by atoms with E-state index in [0.717, 1.165) is 52.2 Å². The molecule has 19 nitrogen and oxygen atoms in total. The lowest BCUT2D eigenvalue weighted by Crippen LogP contribution is -2.41. The van der Waals surface area contributed by atoms with Crippen LogP contribution in [0.25, 0.3) is 0 Å². The van der Waals surface area contributed by atoms with Gasteiger partial charge in [-0.3, -0.25) is 24.2 Å². The van der Waals surface area contributed by atoms with E-state index in [9.17, 15) is 24.0 Å². The molecule has 0 aliphatic carbocycles. The summed E-state index contributed by atoms with van der Waals surface area (Å²) in [7, 11) is 6.63. The molecule has 4 aliphatic rings. The zero-order valence-corrected chi connectivity index (χ0v) is 44.0. The predicted octanol–water partition coefficient (Wildman–Crippen LogP) is 7.29. The largest absolute Gasteiger partial charge is 0.493 e. The number of hydroxylamine groups is 2. The van der Waals surface area contributed by atoms with Crippen LogP contribution in [-0.2, 0) is 59.5 Å². The number of carbonyl (C=O) groups is 5. The quantitative estimate of drug-likeness (QED) is 0.0322. The second-order valence-corrected chi connectivity index (χ2v) is 19.0. The number of fused-ring (bicyclic) bond motifs is 5. The molecule has 0 aromatic heterocycles. The summed E-state index contributed by atoms with van der Waals surface area (Å²) >= 11 is 0. The second-order valence-electron chi connectivity index (χ2n) is 19.0. The highest BCUT2D eigenvalue weighted by Crippen LogP contribution is 2.43. The first kappa shape index (κ1) is 53.8. The van der Waals surface area contributed by atoms with Gasteiger partial charge in [0.2, 0.25) is 0 Å². The fourth-order valence-electron chi connectivity index (χ4n) is 10.2. The van der Waals surface area contributed by atoms with E-state index in [2.05, 4.69) is 27.6 Å². The molecule has 1 saturated heterocycles. The van der Waals surface area contributed by atoms with Crippen molar-refractivity contribution in [3.05, 3.63) is 124 Å². The molecular weight excluding hydrogens is 989 g/mol. The molecule has 0 radical (unpaired) electrons. The van der Waals surface area contributed by atoms with E-state index in [1.807, 2.05) is 78.7 Å². The molecule has 4 heterocycles. The molecule has 0 unspecified atom stereocenters. The van der Waals surface area contributed by atoms with Crippen LogP contribution < -0.4 is 38.5 Å². The van der Waals surface area contributed by atoms with Crippen LogP contribution >= 0.6 is 0 Å². The molecule has 404 valence electrons. The number of rotatable bonds is 25. The number of nitrogens with zero attached hydrogens (tertiary/aromatic N) is 6. The average molecular weight is 1050 g/mol. The van der Waals surface area contributed by atoms with Crippen molar-refractivity contribution >= 4 is 64.8 Å². The number of likely N-dealkylation sites (N-methyl/N-ethyl adjacent to an activating group) is 1. The lowest BCUT2D eigenvalue weighted by molar-refractivity contribution is -0.197. The molecule has 1 atom stereocenters. The molecule has 4 amide bonds. The number of ether oxygens (including phenoxy) is 7. The molecule has 77 heavy (non-hydrogen) atoms. The highest BCUT2D eigenvalue weighted by Gasteiger charge is 2.40. The number of imide groups is 1. The number of anilines is 4. The normalized spacial score (nSPS) is 15.4. The van der Waals surface area contributed by atoms with Crippen molar-refractivity contribution < 1.29 is 62.0 Å². The van der Waals surface area contributed by atoms with Crippen LogP contribution in [0.15, 0.2) is 96.0 Å². The number of amides is 4. The van der Waals surface area contributed by atoms with Crippen molar-refractivity contribution in [1.82, 2.24) is 5.06 Å². The van der Waals surface area contributed by atoms with E-state index in [-0.39, 0.29) is 50.3 Å². The molecular formula is C58H64N6O13. The van der Waals surface area contributed by atoms with Gasteiger partial charge in [0.05, 0.1) is 75.8 Å². The Hall–Kier alpha value is -8.00. The summed E-state index contributed by atoms with van der Waals surface area (Å²) in [5, 5.41) is 0.552. The van der Waals surface area contributed by atoms with Crippen LogP contribution in [0.2, 0.25) is 0 Å². The molecule has 19 heteroatoms. The van der Waals surface area contributed by atoms with Gasteiger partial charge in [-0.25, -0.2) is 4.79 Å². The average Bonchev–Trinajstić information content (AvgIpc) is 4.13. The Balaban J connectivity index is 0.998. The Morgan fingerprint density at radius 2 is 1.35 bits per heavy atom. The smallest absolute Gasteiger partial charge is 0.333 e. The lowest BCUT2D eigenvalue weighted by atomic mass is 10.1. The topological polar surface area (TPSA) is 188 Å². The predicted molar refractivity (Wildman–Crippen MR) is 288 cm³/mol. The molecule has 0 N–H and O–H groups in total. The number of methoxy groups -OCH3 is 3. The summed E-state index contributed by atoms with van der Waals surface area (Å²) in [5.41, 5.74) is 8.08. The molecule has 5 aromatic carbocycles. The summed E-state index contributed by atoms with van der Waals surface area (Å²) in [6.45, 7) is 7.65. The third kappa shape index (κ3) is 12.2. The van der Waals surface area contributed by atoms with Crippen LogP contribution in [0.3, 0.4) is 0 Å². The van der Waals surface area contributed by atoms with E-state index in [0.29, 0.717) is 116 Å². The van der Waals surface area contributed by atoms with E-state index >= 15 is 0 Å². The van der Waals surface area contributed by atoms with E-state index in [4.69, 9.17) is 38.0 Å². The number of hydrogen-bond acceptors (Lipinski definition) is 16. The lowest BCUT2D eigenvalue weighted by Gasteiger charge is -2.26. The number of aliphatic imine (C=N–C) groups is 1. The number of benzene rings is 5. The van der Waals surface area contributed by atoms with Gasteiger partial charge in [0.1, 0.15) is 13.2 Å². The zero-order valence-electron chi connectivity index (χ0n) is 44.0. The highest BCUT2D eigenvalue weighted by molar-refractivity contribution is 6.13.